The second-order valence-electron chi connectivity index (χ2n) is 10.5. The molecule has 1 heterocycles. The van der Waals surface area contributed by atoms with Crippen molar-refractivity contribution in [3.63, 3.8) is 0 Å². The molecule has 4 nitrogen and oxygen atoms in total. The van der Waals surface area contributed by atoms with E-state index < -0.39 is 0 Å². The fourth-order valence-electron chi connectivity index (χ4n) is 5.68. The average molecular weight is 709 g/mol. The molecule has 1 fully saturated rings. The summed E-state index contributed by atoms with van der Waals surface area (Å²) in [6.45, 7) is 5.67. The molecule has 0 aliphatic carbocycles. The van der Waals surface area contributed by atoms with Crippen LogP contribution in [0.1, 0.15) is 29.3 Å². The van der Waals surface area contributed by atoms with Gasteiger partial charge in [-0.1, -0.05) is 47.5 Å². The van der Waals surface area contributed by atoms with E-state index in [4.69, 9.17) is 69.6 Å². The highest BCUT2D eigenvalue weighted by atomic mass is 35.5. The minimum Gasteiger partial charge on any atom is -0.369 e. The van der Waals surface area contributed by atoms with Crippen LogP contribution in [0.2, 0.25) is 10.0 Å². The second kappa shape index (κ2) is 17.5. The topological polar surface area (TPSA) is 13.0 Å². The standard InChI is InChI=1S/C32H37Cl6FN4/c33-9-15-40(16-10-34)28-7-5-25(30(37)20-28)22-42-13-2-14-43(32(42)24-3-1-4-27(39)19-24)23-26-6-8-29(21-31(26)38)41(17-11-35)18-12-36/h1,3-8,19-21,32H,2,9-18,22-23H2. The third kappa shape index (κ3) is 9.43. The number of nitrogens with zero attached hydrogens (tertiary/aromatic N) is 4. The number of hydrogen-bond donors (Lipinski definition) is 0. The van der Waals surface area contributed by atoms with E-state index in [0.29, 0.717) is 72.8 Å². The lowest BCUT2D eigenvalue weighted by molar-refractivity contribution is -0.00920. The molecule has 11 heteroatoms. The van der Waals surface area contributed by atoms with Crippen molar-refractivity contribution >= 4 is 81.0 Å². The van der Waals surface area contributed by atoms with E-state index in [1.807, 2.05) is 18.2 Å². The fraction of sp³-hybridized carbons (Fsp3) is 0.438. The Balaban J connectivity index is 1.60. The van der Waals surface area contributed by atoms with E-state index in [1.54, 1.807) is 12.1 Å². The maximum atomic E-state index is 14.5. The summed E-state index contributed by atoms with van der Waals surface area (Å²) in [4.78, 5) is 8.99. The first-order chi connectivity index (χ1) is 20.9. The lowest BCUT2D eigenvalue weighted by atomic mass is 10.0. The van der Waals surface area contributed by atoms with Crippen molar-refractivity contribution in [2.75, 3.05) is 72.6 Å². The van der Waals surface area contributed by atoms with Crippen LogP contribution in [-0.2, 0) is 13.1 Å². The van der Waals surface area contributed by atoms with Crippen molar-refractivity contribution in [2.45, 2.75) is 25.7 Å². The van der Waals surface area contributed by atoms with Crippen LogP contribution in [0, 0.1) is 5.82 Å². The SMILES string of the molecule is Fc1cccc(C2N(Cc3ccc(N(CCCl)CCCl)cc3Cl)CCCN2Cc2ccc(N(CCCl)CCCl)cc2Cl)c1. The molecule has 1 aliphatic heterocycles. The van der Waals surface area contributed by atoms with Crippen molar-refractivity contribution in [1.29, 1.82) is 0 Å². The number of hydrogen-bond acceptors (Lipinski definition) is 4. The molecule has 1 aliphatic rings. The minimum absolute atomic E-state index is 0.163. The lowest BCUT2D eigenvalue weighted by Gasteiger charge is -2.44. The zero-order valence-electron chi connectivity index (χ0n) is 24.0. The fourth-order valence-corrected chi connectivity index (χ4v) is 6.97. The predicted molar refractivity (Wildman–Crippen MR) is 185 cm³/mol. The Kier molecular flexibility index (Phi) is 14.1. The molecule has 1 saturated heterocycles. The van der Waals surface area contributed by atoms with Gasteiger partial charge in [-0.25, -0.2) is 4.39 Å². The Morgan fingerprint density at radius 1 is 0.651 bits per heavy atom. The smallest absolute Gasteiger partial charge is 0.123 e. The van der Waals surface area contributed by atoms with Crippen molar-refractivity contribution in [3.8, 4) is 0 Å². The molecule has 0 spiro atoms. The quantitative estimate of drug-likeness (QED) is 0.146. The molecule has 0 atom stereocenters. The molecule has 3 aromatic rings. The van der Waals surface area contributed by atoms with Crippen molar-refractivity contribution in [2.24, 2.45) is 0 Å². The number of benzene rings is 3. The number of alkyl halides is 4. The van der Waals surface area contributed by atoms with E-state index >= 15 is 0 Å². The van der Waals surface area contributed by atoms with Gasteiger partial charge in [0.1, 0.15) is 5.82 Å². The Bertz CT molecular complexity index is 1230. The van der Waals surface area contributed by atoms with Crippen molar-refractivity contribution in [3.05, 3.63) is 93.2 Å². The van der Waals surface area contributed by atoms with Crippen LogP contribution in [-0.4, -0.2) is 72.6 Å². The highest BCUT2D eigenvalue weighted by Crippen LogP contribution is 2.36. The van der Waals surface area contributed by atoms with E-state index in [1.165, 1.54) is 6.07 Å². The summed E-state index contributed by atoms with van der Waals surface area (Å²) < 4.78 is 14.5. The minimum atomic E-state index is -0.259. The average Bonchev–Trinajstić information content (AvgIpc) is 2.99. The number of halogens is 7. The monoisotopic (exact) mass is 706 g/mol. The van der Waals surface area contributed by atoms with Gasteiger partial charge in [0, 0.05) is 97.3 Å². The third-order valence-electron chi connectivity index (χ3n) is 7.70. The third-order valence-corrected chi connectivity index (χ3v) is 9.08. The Hall–Kier alpha value is -1.15. The Labute approximate surface area is 285 Å². The summed E-state index contributed by atoms with van der Waals surface area (Å²) in [5.74, 6) is 1.74. The first-order valence-electron chi connectivity index (χ1n) is 14.4. The molecule has 0 amide bonds. The van der Waals surface area contributed by atoms with E-state index in [0.717, 1.165) is 47.6 Å². The van der Waals surface area contributed by atoms with Gasteiger partial charge in [0.15, 0.2) is 0 Å². The van der Waals surface area contributed by atoms with Gasteiger partial charge in [-0.3, -0.25) is 9.80 Å². The predicted octanol–water partition coefficient (Wildman–Crippen LogP) is 9.11. The number of anilines is 2. The Morgan fingerprint density at radius 3 is 1.51 bits per heavy atom. The van der Waals surface area contributed by atoms with Gasteiger partial charge >= 0.3 is 0 Å². The van der Waals surface area contributed by atoms with E-state index in [9.17, 15) is 4.39 Å². The maximum Gasteiger partial charge on any atom is 0.123 e. The second-order valence-corrected chi connectivity index (χ2v) is 12.8. The summed E-state index contributed by atoms with van der Waals surface area (Å²) in [6, 6.07) is 19.1. The highest BCUT2D eigenvalue weighted by molar-refractivity contribution is 6.32. The van der Waals surface area contributed by atoms with E-state index in [2.05, 4.69) is 43.9 Å². The lowest BCUT2D eigenvalue weighted by Crippen LogP contribution is -2.47. The van der Waals surface area contributed by atoms with Crippen LogP contribution in [0.3, 0.4) is 0 Å². The van der Waals surface area contributed by atoms with Crippen LogP contribution >= 0.6 is 69.6 Å². The zero-order valence-corrected chi connectivity index (χ0v) is 28.5. The molecular formula is C32H37Cl6FN4. The molecular weight excluding hydrogens is 672 g/mol. The van der Waals surface area contributed by atoms with Gasteiger partial charge in [-0.05, 0) is 59.5 Å². The first-order valence-corrected chi connectivity index (χ1v) is 17.3. The summed E-state index contributed by atoms with van der Waals surface area (Å²) in [7, 11) is 0. The summed E-state index contributed by atoms with van der Waals surface area (Å²) >= 11 is 37.8. The van der Waals surface area contributed by atoms with Crippen LogP contribution in [0.5, 0.6) is 0 Å². The molecule has 4 rings (SSSR count). The largest absolute Gasteiger partial charge is 0.369 e. The van der Waals surface area contributed by atoms with Gasteiger partial charge in [0.2, 0.25) is 0 Å². The van der Waals surface area contributed by atoms with Gasteiger partial charge in [-0.15, -0.1) is 46.4 Å². The van der Waals surface area contributed by atoms with Crippen molar-refractivity contribution in [1.82, 2.24) is 9.80 Å². The molecule has 234 valence electrons. The molecule has 0 N–H and O–H groups in total. The normalized spacial score (nSPS) is 14.8. The zero-order chi connectivity index (χ0) is 30.8. The molecule has 0 bridgehead atoms. The van der Waals surface area contributed by atoms with Crippen molar-refractivity contribution < 1.29 is 4.39 Å². The van der Waals surface area contributed by atoms with E-state index in [-0.39, 0.29) is 12.0 Å². The van der Waals surface area contributed by atoms with Crippen LogP contribution < -0.4 is 9.80 Å². The summed E-state index contributed by atoms with van der Waals surface area (Å²) in [5.41, 5.74) is 4.89. The van der Waals surface area contributed by atoms with Gasteiger partial charge < -0.3 is 9.80 Å². The molecule has 0 aromatic heterocycles. The van der Waals surface area contributed by atoms with Crippen LogP contribution in [0.4, 0.5) is 15.8 Å². The maximum absolute atomic E-state index is 14.5. The molecule has 0 saturated carbocycles. The number of rotatable bonds is 15. The summed E-state index contributed by atoms with van der Waals surface area (Å²) in [6.07, 6.45) is 0.791. The molecule has 0 radical (unpaired) electrons. The highest BCUT2D eigenvalue weighted by Gasteiger charge is 2.32. The van der Waals surface area contributed by atoms with Gasteiger partial charge in [0.05, 0.1) is 6.17 Å². The van der Waals surface area contributed by atoms with Crippen LogP contribution in [0.15, 0.2) is 60.7 Å². The first kappa shape index (κ1) is 34.7. The Morgan fingerprint density at radius 2 is 1.12 bits per heavy atom. The molecule has 3 aromatic carbocycles. The van der Waals surface area contributed by atoms with Gasteiger partial charge in [0.25, 0.3) is 0 Å². The molecule has 0 unspecified atom stereocenters. The summed E-state index contributed by atoms with van der Waals surface area (Å²) in [5, 5.41) is 1.36. The molecule has 43 heavy (non-hydrogen) atoms. The van der Waals surface area contributed by atoms with Gasteiger partial charge in [-0.2, -0.15) is 0 Å². The van der Waals surface area contributed by atoms with Crippen LogP contribution in [0.25, 0.3) is 0 Å².